The minimum Gasteiger partial charge on any atom is -0.369 e. The van der Waals surface area contributed by atoms with Crippen LogP contribution in [-0.2, 0) is 6.42 Å². The predicted octanol–water partition coefficient (Wildman–Crippen LogP) is 3.18. The van der Waals surface area contributed by atoms with Crippen molar-refractivity contribution in [2.24, 2.45) is 0 Å². The fourth-order valence-electron chi connectivity index (χ4n) is 2.78. The number of nitrogens with zero attached hydrogens (tertiary/aromatic N) is 3. The summed E-state index contributed by atoms with van der Waals surface area (Å²) in [5, 5.41) is 19.0. The van der Waals surface area contributed by atoms with Gasteiger partial charge in [-0.05, 0) is 24.8 Å². The predicted molar refractivity (Wildman–Crippen MR) is 81.2 cm³/mol. The number of nitro groups is 1. The lowest BCUT2D eigenvalue weighted by atomic mass is 10.1. The van der Waals surface area contributed by atoms with Gasteiger partial charge in [-0.25, -0.2) is 4.68 Å². The number of non-ortho nitro benzene ring substituents is 1. The van der Waals surface area contributed by atoms with Crippen molar-refractivity contribution in [2.45, 2.75) is 33.1 Å². The minimum atomic E-state index is -0.372. The zero-order chi connectivity index (χ0) is 15.1. The van der Waals surface area contributed by atoms with Gasteiger partial charge in [-0.1, -0.05) is 19.9 Å². The van der Waals surface area contributed by atoms with Gasteiger partial charge < -0.3 is 5.32 Å². The van der Waals surface area contributed by atoms with Gasteiger partial charge in [-0.2, -0.15) is 5.10 Å². The molecular formula is C15H18N4O2. The summed E-state index contributed by atoms with van der Waals surface area (Å²) in [5.74, 6) is 1.31. The molecule has 1 aromatic carbocycles. The normalized spacial score (nSPS) is 13.3. The van der Waals surface area contributed by atoms with Gasteiger partial charge in [0.1, 0.15) is 5.82 Å². The zero-order valence-electron chi connectivity index (χ0n) is 12.4. The Labute approximate surface area is 122 Å². The molecule has 1 aromatic heterocycles. The second-order valence-electron chi connectivity index (χ2n) is 5.68. The van der Waals surface area contributed by atoms with E-state index in [1.54, 1.807) is 12.1 Å². The van der Waals surface area contributed by atoms with Gasteiger partial charge in [0.05, 0.1) is 16.3 Å². The Morgan fingerprint density at radius 1 is 1.43 bits per heavy atom. The van der Waals surface area contributed by atoms with E-state index in [0.29, 0.717) is 5.92 Å². The Morgan fingerprint density at radius 3 is 2.86 bits per heavy atom. The average molecular weight is 286 g/mol. The molecule has 0 spiro atoms. The third-order valence-electron chi connectivity index (χ3n) is 3.86. The fraction of sp³-hybridized carbons (Fsp3) is 0.400. The highest BCUT2D eigenvalue weighted by Crippen LogP contribution is 2.33. The Balaban J connectivity index is 2.19. The molecule has 110 valence electrons. The minimum absolute atomic E-state index is 0.0870. The van der Waals surface area contributed by atoms with Crippen LogP contribution in [0.1, 0.15) is 36.6 Å². The Kier molecular flexibility index (Phi) is 3.16. The highest BCUT2D eigenvalue weighted by Gasteiger charge is 2.25. The summed E-state index contributed by atoms with van der Waals surface area (Å²) < 4.78 is 1.82. The molecule has 0 aliphatic carbocycles. The van der Waals surface area contributed by atoms with E-state index in [-0.39, 0.29) is 10.6 Å². The van der Waals surface area contributed by atoms with Crippen LogP contribution in [0.5, 0.6) is 0 Å². The number of fused-ring (bicyclic) bond motifs is 1. The van der Waals surface area contributed by atoms with E-state index in [0.717, 1.165) is 35.7 Å². The van der Waals surface area contributed by atoms with Crippen LogP contribution >= 0.6 is 0 Å². The van der Waals surface area contributed by atoms with Crippen molar-refractivity contribution < 1.29 is 4.92 Å². The standard InChI is InChI=1S/C15H18N4O2/c1-9(2)14-12-6-7-16-15(12)18(17-14)13-8-11(19(20)21)5-4-10(13)3/h4-5,8-9,16H,6-7H2,1-3H3. The van der Waals surface area contributed by atoms with Gasteiger partial charge in [0, 0.05) is 24.2 Å². The van der Waals surface area contributed by atoms with E-state index in [1.807, 2.05) is 11.6 Å². The van der Waals surface area contributed by atoms with E-state index >= 15 is 0 Å². The van der Waals surface area contributed by atoms with Crippen LogP contribution in [0.4, 0.5) is 11.5 Å². The molecule has 3 rings (SSSR count). The highest BCUT2D eigenvalue weighted by atomic mass is 16.6. The number of nitro benzene ring substituents is 1. The van der Waals surface area contributed by atoms with Crippen LogP contribution in [-0.4, -0.2) is 21.2 Å². The molecule has 1 aliphatic heterocycles. The summed E-state index contributed by atoms with van der Waals surface area (Å²) in [6, 6.07) is 4.89. The van der Waals surface area contributed by atoms with E-state index in [9.17, 15) is 10.1 Å². The van der Waals surface area contributed by atoms with E-state index in [1.165, 1.54) is 11.6 Å². The summed E-state index contributed by atoms with van der Waals surface area (Å²) in [6.07, 6.45) is 0.955. The van der Waals surface area contributed by atoms with Crippen molar-refractivity contribution >= 4 is 11.5 Å². The largest absolute Gasteiger partial charge is 0.369 e. The van der Waals surface area contributed by atoms with Crippen molar-refractivity contribution in [1.29, 1.82) is 0 Å². The van der Waals surface area contributed by atoms with Crippen LogP contribution in [0.2, 0.25) is 0 Å². The Bertz CT molecular complexity index is 719. The van der Waals surface area contributed by atoms with Crippen LogP contribution in [0, 0.1) is 17.0 Å². The third kappa shape index (κ3) is 2.16. The Morgan fingerprint density at radius 2 is 2.19 bits per heavy atom. The average Bonchev–Trinajstić information content (AvgIpc) is 3.00. The van der Waals surface area contributed by atoms with E-state index in [2.05, 4.69) is 19.2 Å². The highest BCUT2D eigenvalue weighted by molar-refractivity contribution is 5.60. The lowest BCUT2D eigenvalue weighted by Crippen LogP contribution is -2.07. The summed E-state index contributed by atoms with van der Waals surface area (Å²) in [7, 11) is 0. The van der Waals surface area contributed by atoms with Crippen molar-refractivity contribution in [3.8, 4) is 5.69 Å². The molecule has 0 fully saturated rings. The number of anilines is 1. The Hall–Kier alpha value is -2.37. The van der Waals surface area contributed by atoms with Gasteiger partial charge in [-0.15, -0.1) is 0 Å². The quantitative estimate of drug-likeness (QED) is 0.694. The number of rotatable bonds is 3. The molecular weight excluding hydrogens is 268 g/mol. The zero-order valence-corrected chi connectivity index (χ0v) is 12.4. The first kappa shape index (κ1) is 13.6. The maximum Gasteiger partial charge on any atom is 0.271 e. The molecule has 2 heterocycles. The van der Waals surface area contributed by atoms with Crippen LogP contribution in [0.3, 0.4) is 0 Å². The molecule has 0 bridgehead atoms. The lowest BCUT2D eigenvalue weighted by molar-refractivity contribution is -0.384. The molecule has 1 N–H and O–H groups in total. The molecule has 21 heavy (non-hydrogen) atoms. The topological polar surface area (TPSA) is 73.0 Å². The number of hydrogen-bond acceptors (Lipinski definition) is 4. The second-order valence-corrected chi connectivity index (χ2v) is 5.68. The smallest absolute Gasteiger partial charge is 0.271 e. The van der Waals surface area contributed by atoms with E-state index < -0.39 is 0 Å². The first-order chi connectivity index (χ1) is 9.99. The molecule has 1 aliphatic rings. The number of nitrogens with one attached hydrogen (secondary N) is 1. The van der Waals surface area contributed by atoms with Crippen LogP contribution in [0.25, 0.3) is 5.69 Å². The van der Waals surface area contributed by atoms with Crippen molar-refractivity contribution in [2.75, 3.05) is 11.9 Å². The molecule has 0 amide bonds. The number of aryl methyl sites for hydroxylation is 1. The monoisotopic (exact) mass is 286 g/mol. The molecule has 0 saturated heterocycles. The van der Waals surface area contributed by atoms with Gasteiger partial charge in [-0.3, -0.25) is 10.1 Å². The fourth-order valence-corrected chi connectivity index (χ4v) is 2.78. The molecule has 0 unspecified atom stereocenters. The lowest BCUT2D eigenvalue weighted by Gasteiger charge is -2.09. The number of hydrogen-bond donors (Lipinski definition) is 1. The maximum absolute atomic E-state index is 11.0. The molecule has 6 heteroatoms. The van der Waals surface area contributed by atoms with Gasteiger partial charge >= 0.3 is 0 Å². The van der Waals surface area contributed by atoms with Gasteiger partial charge in [0.15, 0.2) is 0 Å². The second kappa shape index (κ2) is 4.87. The summed E-state index contributed by atoms with van der Waals surface area (Å²) in [4.78, 5) is 10.6. The summed E-state index contributed by atoms with van der Waals surface area (Å²) >= 11 is 0. The van der Waals surface area contributed by atoms with Gasteiger partial charge in [0.25, 0.3) is 5.69 Å². The van der Waals surface area contributed by atoms with Crippen molar-refractivity contribution in [3.63, 3.8) is 0 Å². The first-order valence-corrected chi connectivity index (χ1v) is 7.10. The summed E-state index contributed by atoms with van der Waals surface area (Å²) in [6.45, 7) is 7.06. The molecule has 0 saturated carbocycles. The SMILES string of the molecule is Cc1ccc([N+](=O)[O-])cc1-n1nc(C(C)C)c2c1NCC2. The van der Waals surface area contributed by atoms with Crippen LogP contribution in [0.15, 0.2) is 18.2 Å². The first-order valence-electron chi connectivity index (χ1n) is 7.10. The maximum atomic E-state index is 11.0. The van der Waals surface area contributed by atoms with Crippen LogP contribution < -0.4 is 5.32 Å². The number of aromatic nitrogens is 2. The molecule has 2 aromatic rings. The van der Waals surface area contributed by atoms with Crippen molar-refractivity contribution in [1.82, 2.24) is 9.78 Å². The van der Waals surface area contributed by atoms with Gasteiger partial charge in [0.2, 0.25) is 0 Å². The third-order valence-corrected chi connectivity index (χ3v) is 3.86. The molecule has 0 atom stereocenters. The van der Waals surface area contributed by atoms with Crippen molar-refractivity contribution in [3.05, 3.63) is 45.1 Å². The molecule has 0 radical (unpaired) electrons. The van der Waals surface area contributed by atoms with E-state index in [4.69, 9.17) is 5.10 Å². The number of benzene rings is 1. The summed E-state index contributed by atoms with van der Waals surface area (Å²) in [5.41, 5.74) is 4.12. The molecule has 6 nitrogen and oxygen atoms in total.